The van der Waals surface area contributed by atoms with E-state index in [4.69, 9.17) is 0 Å². The van der Waals surface area contributed by atoms with Gasteiger partial charge in [0.1, 0.15) is 11.6 Å². The summed E-state index contributed by atoms with van der Waals surface area (Å²) in [6, 6.07) is 10.5. The average molecular weight is 266 g/mol. The van der Waals surface area contributed by atoms with Crippen LogP contribution in [0.3, 0.4) is 0 Å². The molecule has 0 unspecified atom stereocenters. The van der Waals surface area contributed by atoms with E-state index in [1.54, 1.807) is 31.2 Å². The molecule has 0 saturated heterocycles. The molecule has 18 heavy (non-hydrogen) atoms. The molecule has 0 saturated carbocycles. The van der Waals surface area contributed by atoms with E-state index in [0.29, 0.717) is 10.5 Å². The van der Waals surface area contributed by atoms with Crippen LogP contribution in [0.5, 0.6) is 0 Å². The Labute approximate surface area is 108 Å². The molecule has 0 aliphatic carbocycles. The number of aliphatic hydroxyl groups is 1. The summed E-state index contributed by atoms with van der Waals surface area (Å²) in [6.45, 7) is 1.58. The molecule has 0 aromatic heterocycles. The van der Waals surface area contributed by atoms with Gasteiger partial charge in [-0.05, 0) is 48.9 Å². The normalized spacial score (nSPS) is 12.4. The largest absolute Gasteiger partial charge is 0.389 e. The molecule has 94 valence electrons. The maximum Gasteiger partial charge on any atom is 0.137 e. The van der Waals surface area contributed by atoms with Gasteiger partial charge in [0.2, 0.25) is 0 Å². The van der Waals surface area contributed by atoms with E-state index in [-0.39, 0.29) is 11.6 Å². The second-order valence-electron chi connectivity index (χ2n) is 3.92. The summed E-state index contributed by atoms with van der Waals surface area (Å²) < 4.78 is 26.5. The predicted octanol–water partition coefficient (Wildman–Crippen LogP) is 4.17. The van der Waals surface area contributed by atoms with Crippen molar-refractivity contribution in [3.05, 3.63) is 59.7 Å². The molecule has 0 aliphatic rings. The summed E-state index contributed by atoms with van der Waals surface area (Å²) in [4.78, 5) is 1.21. The number of benzene rings is 2. The first-order valence-electron chi connectivity index (χ1n) is 5.47. The van der Waals surface area contributed by atoms with Crippen molar-refractivity contribution < 1.29 is 13.9 Å². The molecule has 0 amide bonds. The van der Waals surface area contributed by atoms with E-state index in [2.05, 4.69) is 0 Å². The molecule has 1 N–H and O–H groups in total. The van der Waals surface area contributed by atoms with Gasteiger partial charge >= 0.3 is 0 Å². The summed E-state index contributed by atoms with van der Waals surface area (Å²) in [7, 11) is 0. The molecule has 0 fully saturated rings. The quantitative estimate of drug-likeness (QED) is 0.899. The molecule has 0 spiro atoms. The standard InChI is InChI=1S/C14H12F2OS/c1-9(17)10-2-7-14(13(16)8-10)18-12-5-3-11(15)4-6-12/h2-9,17H,1H3/t9-/m1/s1. The van der Waals surface area contributed by atoms with Gasteiger partial charge in [-0.25, -0.2) is 8.78 Å². The molecule has 1 atom stereocenters. The van der Waals surface area contributed by atoms with Crippen molar-refractivity contribution >= 4 is 11.8 Å². The first kappa shape index (κ1) is 13.1. The lowest BCUT2D eigenvalue weighted by Crippen LogP contribution is -1.92. The zero-order valence-corrected chi connectivity index (χ0v) is 10.5. The van der Waals surface area contributed by atoms with Gasteiger partial charge in [0, 0.05) is 9.79 Å². The lowest BCUT2D eigenvalue weighted by molar-refractivity contribution is 0.198. The van der Waals surface area contributed by atoms with Crippen LogP contribution in [-0.4, -0.2) is 5.11 Å². The molecule has 0 radical (unpaired) electrons. The molecule has 2 aromatic rings. The zero-order valence-electron chi connectivity index (χ0n) is 9.73. The number of hydrogen-bond donors (Lipinski definition) is 1. The highest BCUT2D eigenvalue weighted by Crippen LogP contribution is 2.31. The van der Waals surface area contributed by atoms with E-state index in [9.17, 15) is 13.9 Å². The van der Waals surface area contributed by atoms with Crippen molar-refractivity contribution in [1.82, 2.24) is 0 Å². The maximum atomic E-state index is 13.8. The molecule has 4 heteroatoms. The fourth-order valence-corrected chi connectivity index (χ4v) is 2.31. The van der Waals surface area contributed by atoms with Crippen molar-refractivity contribution in [3.63, 3.8) is 0 Å². The third-order valence-corrected chi connectivity index (χ3v) is 3.54. The van der Waals surface area contributed by atoms with Crippen LogP contribution < -0.4 is 0 Å². The van der Waals surface area contributed by atoms with Crippen LogP contribution in [0.2, 0.25) is 0 Å². The molecule has 0 bridgehead atoms. The van der Waals surface area contributed by atoms with Gasteiger partial charge in [-0.15, -0.1) is 0 Å². The van der Waals surface area contributed by atoms with Gasteiger partial charge in [-0.3, -0.25) is 0 Å². The lowest BCUT2D eigenvalue weighted by Gasteiger charge is -2.08. The van der Waals surface area contributed by atoms with Gasteiger partial charge in [-0.1, -0.05) is 17.8 Å². The fraction of sp³-hybridized carbons (Fsp3) is 0.143. The first-order chi connectivity index (χ1) is 8.56. The van der Waals surface area contributed by atoms with Crippen LogP contribution in [0.25, 0.3) is 0 Å². The summed E-state index contributed by atoms with van der Waals surface area (Å²) in [5.74, 6) is -0.702. The second-order valence-corrected chi connectivity index (χ2v) is 5.04. The van der Waals surface area contributed by atoms with E-state index < -0.39 is 6.10 Å². The Morgan fingerprint density at radius 1 is 1.06 bits per heavy atom. The van der Waals surface area contributed by atoms with Crippen LogP contribution in [0.15, 0.2) is 52.3 Å². The number of rotatable bonds is 3. The number of hydrogen-bond acceptors (Lipinski definition) is 2. The third kappa shape index (κ3) is 3.09. The summed E-state index contributed by atoms with van der Waals surface area (Å²) in [5.41, 5.74) is 0.538. The highest BCUT2D eigenvalue weighted by molar-refractivity contribution is 7.99. The van der Waals surface area contributed by atoms with Crippen LogP contribution in [0.4, 0.5) is 8.78 Å². The molecular weight excluding hydrogens is 254 g/mol. The van der Waals surface area contributed by atoms with Gasteiger partial charge in [0.15, 0.2) is 0 Å². The van der Waals surface area contributed by atoms with Crippen LogP contribution in [0, 0.1) is 11.6 Å². The Hall–Kier alpha value is -1.39. The van der Waals surface area contributed by atoms with Crippen molar-refractivity contribution in [2.45, 2.75) is 22.8 Å². The molecule has 2 rings (SSSR count). The molecule has 2 aromatic carbocycles. The summed E-state index contributed by atoms with van der Waals surface area (Å²) in [6.07, 6.45) is -0.690. The van der Waals surface area contributed by atoms with Gasteiger partial charge in [0.25, 0.3) is 0 Å². The minimum absolute atomic E-state index is 0.315. The Bertz CT molecular complexity index is 538. The van der Waals surface area contributed by atoms with Crippen molar-refractivity contribution in [1.29, 1.82) is 0 Å². The Balaban J connectivity index is 2.22. The predicted molar refractivity (Wildman–Crippen MR) is 67.6 cm³/mol. The Morgan fingerprint density at radius 2 is 1.72 bits per heavy atom. The Kier molecular flexibility index (Phi) is 3.99. The maximum absolute atomic E-state index is 13.8. The minimum atomic E-state index is -0.690. The van der Waals surface area contributed by atoms with E-state index >= 15 is 0 Å². The molecule has 0 aliphatic heterocycles. The monoisotopic (exact) mass is 266 g/mol. The first-order valence-corrected chi connectivity index (χ1v) is 6.29. The number of aliphatic hydroxyl groups excluding tert-OH is 1. The molecule has 1 nitrogen and oxygen atoms in total. The molecular formula is C14H12F2OS. The minimum Gasteiger partial charge on any atom is -0.389 e. The van der Waals surface area contributed by atoms with E-state index in [1.165, 1.54) is 30.0 Å². The number of halogens is 2. The van der Waals surface area contributed by atoms with Crippen molar-refractivity contribution in [2.75, 3.05) is 0 Å². The SMILES string of the molecule is C[C@@H](O)c1ccc(Sc2ccc(F)cc2)c(F)c1. The van der Waals surface area contributed by atoms with Gasteiger partial charge in [-0.2, -0.15) is 0 Å². The highest BCUT2D eigenvalue weighted by Gasteiger charge is 2.08. The van der Waals surface area contributed by atoms with Crippen molar-refractivity contribution in [2.24, 2.45) is 0 Å². The Morgan fingerprint density at radius 3 is 2.28 bits per heavy atom. The van der Waals surface area contributed by atoms with Crippen LogP contribution >= 0.6 is 11.8 Å². The van der Waals surface area contributed by atoms with E-state index in [0.717, 1.165) is 4.90 Å². The van der Waals surface area contributed by atoms with Crippen molar-refractivity contribution in [3.8, 4) is 0 Å². The lowest BCUT2D eigenvalue weighted by atomic mass is 10.1. The van der Waals surface area contributed by atoms with Crippen LogP contribution in [-0.2, 0) is 0 Å². The van der Waals surface area contributed by atoms with Crippen LogP contribution in [0.1, 0.15) is 18.6 Å². The molecule has 0 heterocycles. The second kappa shape index (κ2) is 5.50. The van der Waals surface area contributed by atoms with E-state index in [1.807, 2.05) is 0 Å². The smallest absolute Gasteiger partial charge is 0.137 e. The highest BCUT2D eigenvalue weighted by atomic mass is 32.2. The zero-order chi connectivity index (χ0) is 13.1. The topological polar surface area (TPSA) is 20.2 Å². The van der Waals surface area contributed by atoms with Gasteiger partial charge in [0.05, 0.1) is 6.10 Å². The van der Waals surface area contributed by atoms with Gasteiger partial charge < -0.3 is 5.11 Å². The summed E-state index contributed by atoms with van der Waals surface area (Å²) in [5, 5.41) is 9.34. The third-order valence-electron chi connectivity index (χ3n) is 2.48. The fourth-order valence-electron chi connectivity index (χ4n) is 1.49. The summed E-state index contributed by atoms with van der Waals surface area (Å²) >= 11 is 1.22. The average Bonchev–Trinajstić information content (AvgIpc) is 2.34.